The number of carbonyl (C=O) groups excluding carboxylic acids is 1. The van der Waals surface area contributed by atoms with Crippen molar-refractivity contribution >= 4 is 22.6 Å². The fraction of sp³-hybridized carbons (Fsp3) is 0.429. The monoisotopic (exact) mass is 263 g/mol. The number of rotatable bonds is 4. The maximum atomic E-state index is 12.0. The number of Topliss-reactive ketones (excluding diaryl/α,β-unsaturated/α-hetero) is 1. The van der Waals surface area contributed by atoms with E-state index in [0.29, 0.717) is 5.75 Å². The minimum Gasteiger partial charge on any atom is -0.497 e. The number of thioether (sulfide) groups is 1. The molecule has 1 heterocycles. The Hall–Kier alpha value is -1.29. The maximum absolute atomic E-state index is 12.0. The van der Waals surface area contributed by atoms with Gasteiger partial charge in [-0.3, -0.25) is 9.79 Å². The highest BCUT2D eigenvalue weighted by Gasteiger charge is 2.10. The van der Waals surface area contributed by atoms with Gasteiger partial charge in [0.15, 0.2) is 5.78 Å². The topological polar surface area (TPSA) is 38.7 Å². The van der Waals surface area contributed by atoms with Crippen LogP contribution < -0.4 is 4.74 Å². The average Bonchev–Trinajstić information content (AvgIpc) is 2.46. The Kier molecular flexibility index (Phi) is 4.81. The first-order chi connectivity index (χ1) is 8.79. The molecule has 1 aromatic carbocycles. The number of hydrogen-bond acceptors (Lipinski definition) is 4. The molecule has 0 bridgehead atoms. The molecule has 0 aromatic heterocycles. The average molecular weight is 263 g/mol. The number of ketones is 1. The maximum Gasteiger partial charge on any atom is 0.173 e. The van der Waals surface area contributed by atoms with Crippen LogP contribution in [0.4, 0.5) is 0 Å². The van der Waals surface area contributed by atoms with E-state index >= 15 is 0 Å². The number of carbonyl (C=O) groups is 1. The van der Waals surface area contributed by atoms with E-state index in [9.17, 15) is 4.79 Å². The normalized spacial score (nSPS) is 15.1. The molecular formula is C14H17NO2S. The Labute approximate surface area is 112 Å². The van der Waals surface area contributed by atoms with Crippen molar-refractivity contribution in [2.24, 2.45) is 4.99 Å². The van der Waals surface area contributed by atoms with Gasteiger partial charge in [-0.2, -0.15) is 0 Å². The van der Waals surface area contributed by atoms with Crippen molar-refractivity contribution in [3.8, 4) is 5.75 Å². The Morgan fingerprint density at radius 1 is 1.33 bits per heavy atom. The summed E-state index contributed by atoms with van der Waals surface area (Å²) in [5.41, 5.74) is 0.736. The van der Waals surface area contributed by atoms with Gasteiger partial charge in [-0.25, -0.2) is 0 Å². The highest BCUT2D eigenvalue weighted by atomic mass is 32.2. The van der Waals surface area contributed by atoms with E-state index in [1.807, 2.05) is 24.3 Å². The fourth-order valence-electron chi connectivity index (χ4n) is 1.80. The molecule has 0 saturated carbocycles. The molecule has 0 fully saturated rings. The van der Waals surface area contributed by atoms with Crippen LogP contribution >= 0.6 is 11.8 Å². The van der Waals surface area contributed by atoms with Crippen LogP contribution in [0.3, 0.4) is 0 Å². The van der Waals surface area contributed by atoms with Crippen LogP contribution in [-0.2, 0) is 0 Å². The van der Waals surface area contributed by atoms with Crippen LogP contribution in [0.25, 0.3) is 0 Å². The predicted molar refractivity (Wildman–Crippen MR) is 75.9 cm³/mol. The number of methoxy groups -OCH3 is 1. The molecule has 1 aliphatic rings. The summed E-state index contributed by atoms with van der Waals surface area (Å²) >= 11 is 1.58. The van der Waals surface area contributed by atoms with E-state index in [-0.39, 0.29) is 5.78 Å². The molecule has 0 unspecified atom stereocenters. The Morgan fingerprint density at radius 2 is 2.11 bits per heavy atom. The summed E-state index contributed by atoms with van der Waals surface area (Å²) in [5.74, 6) is 1.40. The van der Waals surface area contributed by atoms with Gasteiger partial charge in [0.1, 0.15) is 5.75 Å². The molecular weight excluding hydrogens is 246 g/mol. The molecule has 0 radical (unpaired) electrons. The van der Waals surface area contributed by atoms with Crippen molar-refractivity contribution in [2.45, 2.75) is 19.3 Å². The largest absolute Gasteiger partial charge is 0.497 e. The van der Waals surface area contributed by atoms with Gasteiger partial charge in [0.05, 0.1) is 17.9 Å². The third kappa shape index (κ3) is 3.60. The van der Waals surface area contributed by atoms with E-state index in [4.69, 9.17) is 4.74 Å². The first-order valence-electron chi connectivity index (χ1n) is 6.13. The van der Waals surface area contributed by atoms with E-state index in [1.54, 1.807) is 18.9 Å². The van der Waals surface area contributed by atoms with E-state index in [2.05, 4.69) is 4.99 Å². The summed E-state index contributed by atoms with van der Waals surface area (Å²) in [4.78, 5) is 16.4. The molecule has 96 valence electrons. The van der Waals surface area contributed by atoms with Crippen LogP contribution in [0.1, 0.15) is 29.6 Å². The third-order valence-electron chi connectivity index (χ3n) is 2.87. The van der Waals surface area contributed by atoms with E-state index in [0.717, 1.165) is 29.3 Å². The molecule has 0 N–H and O–H groups in total. The standard InChI is InChI=1S/C14H17NO2S/c1-17-12-7-5-11(6-8-12)13(16)10-18-14-4-2-3-9-15-14/h5-8H,2-4,9-10H2,1H3. The van der Waals surface area contributed by atoms with Gasteiger partial charge in [-0.05, 0) is 43.5 Å². The predicted octanol–water partition coefficient (Wildman–Crippen LogP) is 3.19. The highest BCUT2D eigenvalue weighted by molar-refractivity contribution is 8.14. The fourth-order valence-corrected chi connectivity index (χ4v) is 2.73. The second kappa shape index (κ2) is 6.59. The summed E-state index contributed by atoms with van der Waals surface area (Å²) in [6.45, 7) is 0.916. The zero-order valence-electron chi connectivity index (χ0n) is 10.5. The summed E-state index contributed by atoms with van der Waals surface area (Å²) in [7, 11) is 1.62. The molecule has 0 saturated heterocycles. The van der Waals surface area contributed by atoms with Crippen molar-refractivity contribution < 1.29 is 9.53 Å². The van der Waals surface area contributed by atoms with Gasteiger partial charge in [0.25, 0.3) is 0 Å². The lowest BCUT2D eigenvalue weighted by atomic mass is 10.1. The number of nitrogens with zero attached hydrogens (tertiary/aromatic N) is 1. The number of ether oxygens (including phenoxy) is 1. The molecule has 2 rings (SSSR count). The van der Waals surface area contributed by atoms with E-state index < -0.39 is 0 Å². The van der Waals surface area contributed by atoms with Crippen molar-refractivity contribution in [1.29, 1.82) is 0 Å². The Morgan fingerprint density at radius 3 is 2.72 bits per heavy atom. The molecule has 3 nitrogen and oxygen atoms in total. The quantitative estimate of drug-likeness (QED) is 0.783. The first-order valence-corrected chi connectivity index (χ1v) is 7.11. The van der Waals surface area contributed by atoms with Crippen LogP contribution in [0.5, 0.6) is 5.75 Å². The minimum absolute atomic E-state index is 0.149. The summed E-state index contributed by atoms with van der Waals surface area (Å²) < 4.78 is 5.07. The zero-order chi connectivity index (χ0) is 12.8. The molecule has 18 heavy (non-hydrogen) atoms. The molecule has 0 amide bonds. The lowest BCUT2D eigenvalue weighted by molar-refractivity contribution is 0.102. The first kappa shape index (κ1) is 13.1. The van der Waals surface area contributed by atoms with Gasteiger partial charge in [-0.1, -0.05) is 0 Å². The zero-order valence-corrected chi connectivity index (χ0v) is 11.3. The Balaban J connectivity index is 1.88. The number of hydrogen-bond donors (Lipinski definition) is 0. The van der Waals surface area contributed by atoms with Crippen molar-refractivity contribution in [3.63, 3.8) is 0 Å². The molecule has 0 atom stereocenters. The summed E-state index contributed by atoms with van der Waals surface area (Å²) in [6.07, 6.45) is 3.40. The smallest absolute Gasteiger partial charge is 0.173 e. The highest BCUT2D eigenvalue weighted by Crippen LogP contribution is 2.18. The van der Waals surface area contributed by atoms with Gasteiger partial charge in [0.2, 0.25) is 0 Å². The number of aliphatic imine (C=N–C) groups is 1. The van der Waals surface area contributed by atoms with Crippen LogP contribution in [0, 0.1) is 0 Å². The van der Waals surface area contributed by atoms with Gasteiger partial charge in [-0.15, -0.1) is 11.8 Å². The molecule has 1 aromatic rings. The van der Waals surface area contributed by atoms with Crippen molar-refractivity contribution in [2.75, 3.05) is 19.4 Å². The minimum atomic E-state index is 0.149. The molecule has 0 spiro atoms. The SMILES string of the molecule is COc1ccc(C(=O)CSC2=NCCCC2)cc1. The third-order valence-corrected chi connectivity index (χ3v) is 3.94. The second-order valence-corrected chi connectivity index (χ2v) is 5.22. The lowest BCUT2D eigenvalue weighted by Gasteiger charge is -2.10. The number of benzene rings is 1. The van der Waals surface area contributed by atoms with Gasteiger partial charge < -0.3 is 4.74 Å². The Bertz CT molecular complexity index is 440. The van der Waals surface area contributed by atoms with Gasteiger partial charge in [0, 0.05) is 12.1 Å². The summed E-state index contributed by atoms with van der Waals surface area (Å²) in [6, 6.07) is 7.25. The van der Waals surface area contributed by atoms with E-state index in [1.165, 1.54) is 12.8 Å². The molecule has 0 aliphatic carbocycles. The van der Waals surface area contributed by atoms with Crippen LogP contribution in [0.15, 0.2) is 29.3 Å². The van der Waals surface area contributed by atoms with Crippen LogP contribution in [-0.4, -0.2) is 30.2 Å². The van der Waals surface area contributed by atoms with Crippen molar-refractivity contribution in [3.05, 3.63) is 29.8 Å². The van der Waals surface area contributed by atoms with Crippen molar-refractivity contribution in [1.82, 2.24) is 0 Å². The molecule has 1 aliphatic heterocycles. The molecule has 4 heteroatoms. The van der Waals surface area contributed by atoms with Crippen LogP contribution in [0.2, 0.25) is 0 Å². The van der Waals surface area contributed by atoms with Gasteiger partial charge >= 0.3 is 0 Å². The second-order valence-electron chi connectivity index (χ2n) is 4.17. The lowest BCUT2D eigenvalue weighted by Crippen LogP contribution is -2.08. The summed E-state index contributed by atoms with van der Waals surface area (Å²) in [5, 5.41) is 1.13.